The van der Waals surface area contributed by atoms with Crippen molar-refractivity contribution in [1.29, 1.82) is 0 Å². The average Bonchev–Trinajstić information content (AvgIpc) is 2.03. The summed E-state index contributed by atoms with van der Waals surface area (Å²) in [6, 6.07) is 0. The molecule has 0 saturated carbocycles. The molecule has 0 fully saturated rings. The third-order valence-electron chi connectivity index (χ3n) is 0.879. The van der Waals surface area contributed by atoms with E-state index < -0.39 is 0 Å². The summed E-state index contributed by atoms with van der Waals surface area (Å²) >= 11 is 0. The van der Waals surface area contributed by atoms with E-state index in [0.29, 0.717) is 19.1 Å². The second kappa shape index (κ2) is 3.58. The molecule has 1 heterocycles. The predicted octanol–water partition coefficient (Wildman–Crippen LogP) is 0.657. The van der Waals surface area contributed by atoms with Crippen molar-refractivity contribution in [3.05, 3.63) is 10.4 Å². The minimum absolute atomic E-state index is 0.122. The molecule has 0 aliphatic carbocycles. The van der Waals surface area contributed by atoms with Crippen molar-refractivity contribution in [3.8, 4) is 0 Å². The molecule has 0 bridgehead atoms. The Labute approximate surface area is 57.0 Å². The van der Waals surface area contributed by atoms with Gasteiger partial charge in [0.2, 0.25) is 5.90 Å². The number of hydrogen-bond acceptors (Lipinski definition) is 4. The molecule has 1 aliphatic rings. The second-order valence-corrected chi connectivity index (χ2v) is 1.56. The maximum Gasteiger partial charge on any atom is 0.231 e. The van der Waals surface area contributed by atoms with Gasteiger partial charge in [0.15, 0.2) is 6.61 Å². The smallest absolute Gasteiger partial charge is 0.231 e. The summed E-state index contributed by atoms with van der Waals surface area (Å²) in [7, 11) is 0. The first-order valence-electron chi connectivity index (χ1n) is 2.76. The molecule has 54 valence electrons. The van der Waals surface area contributed by atoms with Crippen molar-refractivity contribution in [2.75, 3.05) is 19.8 Å². The number of ether oxygens (including phenoxy) is 1. The summed E-state index contributed by atoms with van der Waals surface area (Å²) in [6.45, 7) is 1.05. The van der Waals surface area contributed by atoms with Crippen molar-refractivity contribution in [1.82, 2.24) is 0 Å². The van der Waals surface area contributed by atoms with Gasteiger partial charge in [0.25, 0.3) is 0 Å². The topological polar surface area (TPSA) is 79.6 Å². The Balaban J connectivity index is 2.38. The molecule has 0 aromatic carbocycles. The van der Waals surface area contributed by atoms with E-state index in [1.807, 2.05) is 0 Å². The normalized spacial score (nSPS) is 15.8. The molecule has 10 heavy (non-hydrogen) atoms. The maximum atomic E-state index is 7.90. The van der Waals surface area contributed by atoms with Crippen molar-refractivity contribution < 1.29 is 9.57 Å². The van der Waals surface area contributed by atoms with E-state index in [2.05, 4.69) is 20.0 Å². The third-order valence-corrected chi connectivity index (χ3v) is 0.879. The fourth-order valence-corrected chi connectivity index (χ4v) is 0.507. The molecule has 6 nitrogen and oxygen atoms in total. The summed E-state index contributed by atoms with van der Waals surface area (Å²) in [5, 5.41) is 6.74. The Hall–Kier alpha value is -1.42. The van der Waals surface area contributed by atoms with Crippen LogP contribution in [0, 0.1) is 0 Å². The van der Waals surface area contributed by atoms with Gasteiger partial charge in [-0.25, -0.2) is 0 Å². The fraction of sp³-hybridized carbons (Fsp3) is 0.750. The Morgan fingerprint density at radius 3 is 3.20 bits per heavy atom. The highest BCUT2D eigenvalue weighted by atomic mass is 16.7. The summed E-state index contributed by atoms with van der Waals surface area (Å²) in [6.07, 6.45) is 0. The molecule has 0 N–H and O–H groups in total. The molecular formula is C4H6N4O2. The summed E-state index contributed by atoms with van der Waals surface area (Å²) in [4.78, 5) is 7.20. The van der Waals surface area contributed by atoms with Crippen LogP contribution in [-0.2, 0) is 9.57 Å². The highest BCUT2D eigenvalue weighted by Crippen LogP contribution is 1.93. The van der Waals surface area contributed by atoms with Crippen LogP contribution in [-0.4, -0.2) is 25.7 Å². The number of nitrogens with zero attached hydrogens (tertiary/aromatic N) is 4. The van der Waals surface area contributed by atoms with Crippen LogP contribution in [0.25, 0.3) is 10.4 Å². The van der Waals surface area contributed by atoms with Crippen molar-refractivity contribution in [2.24, 2.45) is 10.3 Å². The molecule has 0 aromatic heterocycles. The highest BCUT2D eigenvalue weighted by molar-refractivity contribution is 5.77. The van der Waals surface area contributed by atoms with Crippen molar-refractivity contribution in [3.63, 3.8) is 0 Å². The minimum atomic E-state index is 0.122. The van der Waals surface area contributed by atoms with E-state index in [4.69, 9.17) is 10.3 Å². The average molecular weight is 142 g/mol. The molecule has 6 heteroatoms. The van der Waals surface area contributed by atoms with Crippen LogP contribution in [0.4, 0.5) is 0 Å². The first-order chi connectivity index (χ1) is 4.93. The molecular weight excluding hydrogens is 136 g/mol. The molecule has 0 spiro atoms. The van der Waals surface area contributed by atoms with Crippen LogP contribution in [0.1, 0.15) is 0 Å². The molecule has 0 amide bonds. The Morgan fingerprint density at radius 1 is 1.70 bits per heavy atom. The molecule has 1 rings (SSSR count). The van der Waals surface area contributed by atoms with Gasteiger partial charge < -0.3 is 9.57 Å². The number of azide groups is 1. The lowest BCUT2D eigenvalue weighted by atomic mass is 10.6. The lowest BCUT2D eigenvalue weighted by Gasteiger charge is -2.10. The van der Waals surface area contributed by atoms with Gasteiger partial charge in [-0.3, -0.25) is 0 Å². The molecule has 0 radical (unpaired) electrons. The molecule has 0 saturated heterocycles. The first-order valence-corrected chi connectivity index (χ1v) is 2.76. The number of rotatable bonds is 2. The molecule has 1 aliphatic heterocycles. The van der Waals surface area contributed by atoms with Gasteiger partial charge in [0, 0.05) is 4.91 Å². The quantitative estimate of drug-likeness (QED) is 0.322. The first kappa shape index (κ1) is 6.70. The standard InChI is InChI=1S/C4H6N4O2/c5-8-6-3-4-7-10-2-1-9-4/h1-3H2. The fourth-order valence-electron chi connectivity index (χ4n) is 0.507. The zero-order chi connectivity index (χ0) is 7.23. The van der Waals surface area contributed by atoms with Crippen LogP contribution >= 0.6 is 0 Å². The monoisotopic (exact) mass is 142 g/mol. The zero-order valence-corrected chi connectivity index (χ0v) is 5.23. The van der Waals surface area contributed by atoms with E-state index >= 15 is 0 Å². The van der Waals surface area contributed by atoms with Gasteiger partial charge in [-0.15, -0.1) is 0 Å². The number of oxime groups is 1. The maximum absolute atomic E-state index is 7.90. The molecule has 0 atom stereocenters. The summed E-state index contributed by atoms with van der Waals surface area (Å²) in [5.41, 5.74) is 7.90. The number of hydrogen-bond donors (Lipinski definition) is 0. The largest absolute Gasteiger partial charge is 0.475 e. The highest BCUT2D eigenvalue weighted by Gasteiger charge is 2.04. The van der Waals surface area contributed by atoms with Gasteiger partial charge in [0.05, 0.1) is 0 Å². The van der Waals surface area contributed by atoms with E-state index in [1.165, 1.54) is 0 Å². The Bertz CT molecular complexity index is 184. The van der Waals surface area contributed by atoms with E-state index in [9.17, 15) is 0 Å². The van der Waals surface area contributed by atoms with Gasteiger partial charge in [-0.05, 0) is 5.53 Å². The van der Waals surface area contributed by atoms with Crippen molar-refractivity contribution >= 4 is 5.90 Å². The van der Waals surface area contributed by atoms with Crippen molar-refractivity contribution in [2.45, 2.75) is 0 Å². The van der Waals surface area contributed by atoms with Crippen LogP contribution in [0.3, 0.4) is 0 Å². The Morgan fingerprint density at radius 2 is 2.60 bits per heavy atom. The van der Waals surface area contributed by atoms with Crippen LogP contribution in [0.5, 0.6) is 0 Å². The molecule has 0 unspecified atom stereocenters. The van der Waals surface area contributed by atoms with E-state index in [-0.39, 0.29) is 6.54 Å². The van der Waals surface area contributed by atoms with E-state index in [0.717, 1.165) is 0 Å². The Kier molecular flexibility index (Phi) is 2.39. The van der Waals surface area contributed by atoms with Gasteiger partial charge in [-0.1, -0.05) is 10.3 Å². The van der Waals surface area contributed by atoms with E-state index in [1.54, 1.807) is 0 Å². The van der Waals surface area contributed by atoms with Gasteiger partial charge in [0.1, 0.15) is 13.2 Å². The third kappa shape index (κ3) is 1.83. The van der Waals surface area contributed by atoms with Crippen LogP contribution in [0.15, 0.2) is 10.3 Å². The second-order valence-electron chi connectivity index (χ2n) is 1.56. The minimum Gasteiger partial charge on any atom is -0.475 e. The zero-order valence-electron chi connectivity index (χ0n) is 5.23. The van der Waals surface area contributed by atoms with Gasteiger partial charge >= 0.3 is 0 Å². The summed E-state index contributed by atoms with van der Waals surface area (Å²) < 4.78 is 4.94. The van der Waals surface area contributed by atoms with Crippen LogP contribution in [0.2, 0.25) is 0 Å². The molecule has 0 aromatic rings. The summed E-state index contributed by atoms with van der Waals surface area (Å²) in [5.74, 6) is 0.337. The lowest BCUT2D eigenvalue weighted by Crippen LogP contribution is -2.18. The van der Waals surface area contributed by atoms with Crippen LogP contribution < -0.4 is 0 Å². The predicted molar refractivity (Wildman–Crippen MR) is 33.4 cm³/mol. The SMILES string of the molecule is [N-]=[N+]=NCC1=NOCCO1. The van der Waals surface area contributed by atoms with Gasteiger partial charge in [-0.2, -0.15) is 0 Å². The lowest BCUT2D eigenvalue weighted by molar-refractivity contribution is 0.0631.